The van der Waals surface area contributed by atoms with Gasteiger partial charge in [-0.05, 0) is 24.3 Å². The number of carbonyl (C=O) groups excluding carboxylic acids is 2. The first-order valence-corrected chi connectivity index (χ1v) is 7.21. The zero-order valence-corrected chi connectivity index (χ0v) is 13.1. The molecule has 0 aliphatic carbocycles. The number of hydrogen-bond donors (Lipinski definition) is 0. The molecule has 4 nitrogen and oxygen atoms in total. The second-order valence-corrected chi connectivity index (χ2v) is 5.69. The Morgan fingerprint density at radius 3 is 2.04 bits per heavy atom. The third kappa shape index (κ3) is 2.75. The highest BCUT2D eigenvalue weighted by Gasteiger charge is 2.41. The summed E-state index contributed by atoms with van der Waals surface area (Å²) in [6.45, 7) is 0. The number of nitrogens with zero attached hydrogens (tertiary/aromatic N) is 1. The number of anilines is 1. The van der Waals surface area contributed by atoms with E-state index in [1.54, 1.807) is 0 Å². The van der Waals surface area contributed by atoms with Gasteiger partial charge in [0.1, 0.15) is 0 Å². The number of imide groups is 1. The minimum atomic E-state index is -5.19. The van der Waals surface area contributed by atoms with Crippen molar-refractivity contribution in [1.82, 2.24) is 0 Å². The zero-order chi connectivity index (χ0) is 17.6. The molecule has 0 fully saturated rings. The summed E-state index contributed by atoms with van der Waals surface area (Å²) in [6.07, 6.45) is -5.19. The van der Waals surface area contributed by atoms with E-state index < -0.39 is 35.4 Å². The van der Waals surface area contributed by atoms with Crippen LogP contribution in [-0.2, 0) is 0 Å². The molecule has 0 bridgehead atoms. The van der Waals surface area contributed by atoms with E-state index >= 15 is 0 Å². The van der Waals surface area contributed by atoms with Gasteiger partial charge in [-0.15, -0.1) is 13.2 Å². The number of ether oxygens (including phenoxy) is 1. The molecule has 1 aliphatic rings. The van der Waals surface area contributed by atoms with Crippen molar-refractivity contribution in [3.63, 3.8) is 0 Å². The number of hydrogen-bond acceptors (Lipinski definition) is 3. The van der Waals surface area contributed by atoms with Gasteiger partial charge in [0.15, 0.2) is 11.6 Å². The van der Waals surface area contributed by atoms with Crippen LogP contribution in [0.1, 0.15) is 20.7 Å². The molecular formula is C15H6BrF4NO3. The molecule has 0 saturated heterocycles. The largest absolute Gasteiger partial charge is 0.573 e. The zero-order valence-electron chi connectivity index (χ0n) is 11.5. The van der Waals surface area contributed by atoms with E-state index in [0.29, 0.717) is 4.90 Å². The molecule has 0 N–H and O–H groups in total. The number of alkyl halides is 3. The number of benzene rings is 2. The van der Waals surface area contributed by atoms with Crippen molar-refractivity contribution in [2.45, 2.75) is 6.36 Å². The van der Waals surface area contributed by atoms with Crippen LogP contribution in [0.5, 0.6) is 5.75 Å². The van der Waals surface area contributed by atoms with E-state index in [2.05, 4.69) is 20.7 Å². The SMILES string of the molecule is O=C1c2ccccc2C(=O)N1c1cc(Br)cc(F)c1OC(F)(F)F. The van der Waals surface area contributed by atoms with Crippen molar-refractivity contribution in [3.8, 4) is 5.75 Å². The Bertz CT molecular complexity index is 831. The van der Waals surface area contributed by atoms with E-state index in [-0.39, 0.29) is 15.6 Å². The molecule has 2 amide bonds. The van der Waals surface area contributed by atoms with E-state index in [4.69, 9.17) is 0 Å². The highest BCUT2D eigenvalue weighted by atomic mass is 79.9. The lowest BCUT2D eigenvalue weighted by molar-refractivity contribution is -0.275. The minimum absolute atomic E-state index is 0.0147. The first-order chi connectivity index (χ1) is 11.2. The summed E-state index contributed by atoms with van der Waals surface area (Å²) >= 11 is 2.92. The number of fused-ring (bicyclic) bond motifs is 1. The Hall–Kier alpha value is -2.42. The molecule has 2 aromatic rings. The maximum atomic E-state index is 14.0. The predicted molar refractivity (Wildman–Crippen MR) is 78.4 cm³/mol. The van der Waals surface area contributed by atoms with Crippen LogP contribution in [-0.4, -0.2) is 18.2 Å². The Morgan fingerprint density at radius 1 is 1.00 bits per heavy atom. The van der Waals surface area contributed by atoms with Gasteiger partial charge in [0, 0.05) is 4.47 Å². The number of halogens is 5. The van der Waals surface area contributed by atoms with Gasteiger partial charge in [-0.3, -0.25) is 9.59 Å². The van der Waals surface area contributed by atoms with Crippen LogP contribution < -0.4 is 9.64 Å². The molecule has 0 atom stereocenters. The summed E-state index contributed by atoms with van der Waals surface area (Å²) in [4.78, 5) is 25.2. The topological polar surface area (TPSA) is 46.6 Å². The van der Waals surface area contributed by atoms with Crippen molar-refractivity contribution >= 4 is 33.4 Å². The normalized spacial score (nSPS) is 14.1. The molecule has 1 heterocycles. The molecule has 0 spiro atoms. The summed E-state index contributed by atoms with van der Waals surface area (Å²) in [6, 6.07) is 7.46. The highest BCUT2D eigenvalue weighted by molar-refractivity contribution is 9.10. The van der Waals surface area contributed by atoms with Crippen LogP contribution in [0.3, 0.4) is 0 Å². The molecule has 2 aromatic carbocycles. The standard InChI is InChI=1S/C15H6BrF4NO3/c16-7-5-10(17)12(24-15(18,19)20)11(6-7)21-13(22)8-3-1-2-4-9(8)14(21)23/h1-6H. The molecule has 0 saturated carbocycles. The van der Waals surface area contributed by atoms with Crippen LogP contribution in [0.4, 0.5) is 23.2 Å². The van der Waals surface area contributed by atoms with Gasteiger partial charge >= 0.3 is 6.36 Å². The van der Waals surface area contributed by atoms with E-state index in [9.17, 15) is 27.2 Å². The molecular weight excluding hydrogens is 398 g/mol. The highest BCUT2D eigenvalue weighted by Crippen LogP contribution is 2.41. The summed E-state index contributed by atoms with van der Waals surface area (Å²) in [5.41, 5.74) is -0.605. The summed E-state index contributed by atoms with van der Waals surface area (Å²) < 4.78 is 55.4. The Kier molecular flexibility index (Phi) is 3.83. The van der Waals surface area contributed by atoms with Gasteiger partial charge in [-0.25, -0.2) is 9.29 Å². The molecule has 124 valence electrons. The first-order valence-electron chi connectivity index (χ1n) is 6.41. The molecule has 0 radical (unpaired) electrons. The number of rotatable bonds is 2. The van der Waals surface area contributed by atoms with Crippen molar-refractivity contribution in [2.24, 2.45) is 0 Å². The van der Waals surface area contributed by atoms with Crippen LogP contribution in [0.15, 0.2) is 40.9 Å². The summed E-state index contributed by atoms with van der Waals surface area (Å²) in [5, 5.41) is 0. The molecule has 3 rings (SSSR count). The smallest absolute Gasteiger partial charge is 0.400 e. The average molecular weight is 404 g/mol. The van der Waals surface area contributed by atoms with E-state index in [0.717, 1.165) is 12.1 Å². The van der Waals surface area contributed by atoms with E-state index in [1.165, 1.54) is 24.3 Å². The van der Waals surface area contributed by atoms with Crippen molar-refractivity contribution in [3.05, 3.63) is 57.8 Å². The van der Waals surface area contributed by atoms with Crippen LogP contribution >= 0.6 is 15.9 Å². The Morgan fingerprint density at radius 2 is 1.54 bits per heavy atom. The number of carbonyl (C=O) groups is 2. The average Bonchev–Trinajstić information content (AvgIpc) is 2.73. The predicted octanol–water partition coefficient (Wildman–Crippen LogP) is 4.29. The fraction of sp³-hybridized carbons (Fsp3) is 0.0667. The second-order valence-electron chi connectivity index (χ2n) is 4.77. The third-order valence-electron chi connectivity index (χ3n) is 3.24. The Balaban J connectivity index is 2.17. The fourth-order valence-electron chi connectivity index (χ4n) is 2.34. The summed E-state index contributed by atoms with van der Waals surface area (Å²) in [5.74, 6) is -4.34. The monoisotopic (exact) mass is 403 g/mol. The first kappa shape index (κ1) is 16.4. The van der Waals surface area contributed by atoms with Crippen molar-refractivity contribution in [2.75, 3.05) is 4.90 Å². The van der Waals surface area contributed by atoms with Gasteiger partial charge in [-0.1, -0.05) is 28.1 Å². The van der Waals surface area contributed by atoms with Crippen molar-refractivity contribution in [1.29, 1.82) is 0 Å². The van der Waals surface area contributed by atoms with E-state index in [1.807, 2.05) is 0 Å². The van der Waals surface area contributed by atoms with Crippen LogP contribution in [0, 0.1) is 5.82 Å². The second kappa shape index (κ2) is 5.59. The molecule has 1 aliphatic heterocycles. The van der Waals surface area contributed by atoms with Gasteiger partial charge in [-0.2, -0.15) is 0 Å². The third-order valence-corrected chi connectivity index (χ3v) is 3.70. The minimum Gasteiger partial charge on any atom is -0.400 e. The molecule has 0 aromatic heterocycles. The Labute approximate surface area is 140 Å². The lowest BCUT2D eigenvalue weighted by Crippen LogP contribution is -2.31. The maximum absolute atomic E-state index is 14.0. The quantitative estimate of drug-likeness (QED) is 0.555. The van der Waals surface area contributed by atoms with Gasteiger partial charge in [0.05, 0.1) is 16.8 Å². The van der Waals surface area contributed by atoms with Crippen molar-refractivity contribution < 1.29 is 31.9 Å². The van der Waals surface area contributed by atoms with Gasteiger partial charge in [0.25, 0.3) is 11.8 Å². The molecule has 24 heavy (non-hydrogen) atoms. The lowest BCUT2D eigenvalue weighted by Gasteiger charge is -2.20. The lowest BCUT2D eigenvalue weighted by atomic mass is 10.1. The maximum Gasteiger partial charge on any atom is 0.573 e. The summed E-state index contributed by atoms with van der Waals surface area (Å²) in [7, 11) is 0. The number of amides is 2. The van der Waals surface area contributed by atoms with Crippen LogP contribution in [0.2, 0.25) is 0 Å². The van der Waals surface area contributed by atoms with Gasteiger partial charge < -0.3 is 4.74 Å². The van der Waals surface area contributed by atoms with Gasteiger partial charge in [0.2, 0.25) is 0 Å². The van der Waals surface area contributed by atoms with Crippen LogP contribution in [0.25, 0.3) is 0 Å². The molecule has 0 unspecified atom stereocenters. The fourth-order valence-corrected chi connectivity index (χ4v) is 2.76. The molecule has 9 heteroatoms.